The minimum atomic E-state index is -0.481. The van der Waals surface area contributed by atoms with E-state index in [-0.39, 0.29) is 18.0 Å². The van der Waals surface area contributed by atoms with Gasteiger partial charge in [0, 0.05) is 47.3 Å². The van der Waals surface area contributed by atoms with Crippen molar-refractivity contribution in [2.24, 2.45) is 14.1 Å². The molecule has 29 heavy (non-hydrogen) atoms. The molecule has 1 aromatic heterocycles. The second-order valence-electron chi connectivity index (χ2n) is 7.47. The molecule has 0 unspecified atom stereocenters. The van der Waals surface area contributed by atoms with Gasteiger partial charge >= 0.3 is 5.69 Å². The molecule has 0 saturated carbocycles. The molecule has 1 saturated heterocycles. The molecule has 0 bridgehead atoms. The van der Waals surface area contributed by atoms with Crippen LogP contribution in [0, 0.1) is 5.82 Å². The average Bonchev–Trinajstić information content (AvgIpc) is 2.97. The van der Waals surface area contributed by atoms with Crippen LogP contribution >= 0.6 is 0 Å². The summed E-state index contributed by atoms with van der Waals surface area (Å²) in [6, 6.07) is 10.6. The molecule has 6 nitrogen and oxygen atoms in total. The summed E-state index contributed by atoms with van der Waals surface area (Å²) in [6.07, 6.45) is 1.43. The van der Waals surface area contributed by atoms with E-state index >= 15 is 0 Å². The molecule has 0 radical (unpaired) electrons. The third-order valence-electron chi connectivity index (χ3n) is 5.88. The first-order chi connectivity index (χ1) is 13.9. The molecule has 2 heterocycles. The number of rotatable bonds is 5. The van der Waals surface area contributed by atoms with Crippen LogP contribution in [0.2, 0.25) is 0 Å². The molecular formula is C22H25FN2O4. The number of hydrogen-bond donors (Lipinski definition) is 0. The van der Waals surface area contributed by atoms with Gasteiger partial charge in [-0.3, -0.25) is 9.13 Å². The van der Waals surface area contributed by atoms with Crippen LogP contribution in [0.15, 0.2) is 41.2 Å². The van der Waals surface area contributed by atoms with Gasteiger partial charge < -0.3 is 14.2 Å². The maximum Gasteiger partial charge on any atom is 0.328 e. The highest BCUT2D eigenvalue weighted by Gasteiger charge is 2.35. The van der Waals surface area contributed by atoms with Crippen LogP contribution in [0.4, 0.5) is 4.39 Å². The van der Waals surface area contributed by atoms with Crippen molar-refractivity contribution in [3.8, 4) is 5.75 Å². The van der Waals surface area contributed by atoms with Gasteiger partial charge in [0.25, 0.3) is 0 Å². The predicted molar refractivity (Wildman–Crippen MR) is 108 cm³/mol. The Hall–Kier alpha value is -2.64. The minimum Gasteiger partial charge on any atom is -0.486 e. The van der Waals surface area contributed by atoms with Gasteiger partial charge in [-0.05, 0) is 35.4 Å². The van der Waals surface area contributed by atoms with E-state index in [0.717, 1.165) is 22.2 Å². The monoisotopic (exact) mass is 400 g/mol. The Morgan fingerprint density at radius 1 is 1.07 bits per heavy atom. The third kappa shape index (κ3) is 3.45. The lowest BCUT2D eigenvalue weighted by Crippen LogP contribution is -2.35. The Kier molecular flexibility index (Phi) is 5.19. The predicted octanol–water partition coefficient (Wildman–Crippen LogP) is 3.25. The molecule has 1 fully saturated rings. The number of imidazole rings is 1. The summed E-state index contributed by atoms with van der Waals surface area (Å²) in [6.45, 7) is 1.41. The molecule has 3 aromatic rings. The van der Waals surface area contributed by atoms with Gasteiger partial charge in [0.2, 0.25) is 0 Å². The zero-order valence-electron chi connectivity index (χ0n) is 16.9. The molecular weight excluding hydrogens is 375 g/mol. The fraction of sp³-hybridized carbons (Fsp3) is 0.409. The van der Waals surface area contributed by atoms with E-state index in [4.69, 9.17) is 14.2 Å². The number of halogens is 1. The topological polar surface area (TPSA) is 54.6 Å². The second kappa shape index (κ2) is 7.65. The van der Waals surface area contributed by atoms with Crippen molar-refractivity contribution in [2.45, 2.75) is 25.0 Å². The highest BCUT2D eigenvalue weighted by molar-refractivity contribution is 5.76. The van der Waals surface area contributed by atoms with Gasteiger partial charge in [0.05, 0.1) is 16.6 Å². The van der Waals surface area contributed by atoms with E-state index in [9.17, 15) is 9.18 Å². The molecule has 1 aliphatic heterocycles. The molecule has 0 amide bonds. The first-order valence-corrected chi connectivity index (χ1v) is 9.65. The molecule has 7 heteroatoms. The summed E-state index contributed by atoms with van der Waals surface area (Å²) in [5.41, 5.74) is 2.84. The Bertz CT molecular complexity index is 1100. The highest BCUT2D eigenvalue weighted by Crippen LogP contribution is 2.37. The lowest BCUT2D eigenvalue weighted by Gasteiger charge is -2.36. The Morgan fingerprint density at radius 2 is 1.79 bits per heavy atom. The van der Waals surface area contributed by atoms with Gasteiger partial charge in [-0.25, -0.2) is 9.18 Å². The summed E-state index contributed by atoms with van der Waals surface area (Å²) >= 11 is 0. The van der Waals surface area contributed by atoms with Crippen molar-refractivity contribution in [1.82, 2.24) is 9.13 Å². The molecule has 0 spiro atoms. The normalized spacial score (nSPS) is 16.3. The summed E-state index contributed by atoms with van der Waals surface area (Å²) in [5, 5.41) is 0. The van der Waals surface area contributed by atoms with E-state index in [1.807, 2.05) is 18.2 Å². The van der Waals surface area contributed by atoms with Crippen LogP contribution in [-0.4, -0.2) is 29.5 Å². The van der Waals surface area contributed by atoms with Crippen LogP contribution in [0.5, 0.6) is 5.75 Å². The number of hydrogen-bond acceptors (Lipinski definition) is 4. The van der Waals surface area contributed by atoms with Crippen molar-refractivity contribution in [3.05, 3.63) is 63.8 Å². The number of fused-ring (bicyclic) bond motifs is 1. The third-order valence-corrected chi connectivity index (χ3v) is 5.88. The summed E-state index contributed by atoms with van der Waals surface area (Å²) in [4.78, 5) is 12.1. The van der Waals surface area contributed by atoms with Gasteiger partial charge in [-0.1, -0.05) is 12.1 Å². The quantitative estimate of drug-likeness (QED) is 0.660. The molecule has 4 rings (SSSR count). The fourth-order valence-corrected chi connectivity index (χ4v) is 4.01. The summed E-state index contributed by atoms with van der Waals surface area (Å²) < 4.78 is 34.7. The fourth-order valence-electron chi connectivity index (χ4n) is 4.01. The van der Waals surface area contributed by atoms with Crippen LogP contribution in [0.3, 0.4) is 0 Å². The number of ether oxygens (including phenoxy) is 3. The van der Waals surface area contributed by atoms with Crippen molar-refractivity contribution in [2.75, 3.05) is 20.3 Å². The average molecular weight is 400 g/mol. The lowest BCUT2D eigenvalue weighted by molar-refractivity contribution is -0.0949. The number of aryl methyl sites for hydroxylation is 2. The Labute approximate surface area is 168 Å². The number of benzene rings is 2. The smallest absolute Gasteiger partial charge is 0.328 e. The van der Waals surface area contributed by atoms with Crippen molar-refractivity contribution >= 4 is 11.0 Å². The van der Waals surface area contributed by atoms with Gasteiger partial charge in [-0.2, -0.15) is 0 Å². The highest BCUT2D eigenvalue weighted by atomic mass is 19.1. The maximum atomic E-state index is 14.4. The molecule has 0 atom stereocenters. The van der Waals surface area contributed by atoms with E-state index in [0.29, 0.717) is 26.1 Å². The molecule has 1 aliphatic rings. The largest absolute Gasteiger partial charge is 0.486 e. The standard InChI is InChI=1S/C22H25FN2O4/c1-24-18-7-4-15(12-19(18)25(2)21(24)26)14-29-20-13-16(5-6-17(20)23)22(27-3)8-10-28-11-9-22/h4-7,12-13H,8-11,14H2,1-3H3. The molecule has 0 N–H and O–H groups in total. The van der Waals surface area contributed by atoms with Crippen molar-refractivity contribution in [3.63, 3.8) is 0 Å². The first kappa shape index (κ1) is 19.7. The van der Waals surface area contributed by atoms with Gasteiger partial charge in [0.15, 0.2) is 11.6 Å². The first-order valence-electron chi connectivity index (χ1n) is 9.65. The zero-order chi connectivity index (χ0) is 20.6. The van der Waals surface area contributed by atoms with Gasteiger partial charge in [0.1, 0.15) is 6.61 Å². The summed E-state index contributed by atoms with van der Waals surface area (Å²) in [5.74, 6) is -0.229. The SMILES string of the molecule is COC1(c2ccc(F)c(OCc3ccc4c(c3)n(C)c(=O)n4C)c2)CCOCC1. The van der Waals surface area contributed by atoms with E-state index < -0.39 is 11.4 Å². The lowest BCUT2D eigenvalue weighted by atomic mass is 9.86. The number of nitrogens with zero attached hydrogens (tertiary/aromatic N) is 2. The van der Waals surface area contributed by atoms with Crippen molar-refractivity contribution in [1.29, 1.82) is 0 Å². The van der Waals surface area contributed by atoms with Crippen molar-refractivity contribution < 1.29 is 18.6 Å². The molecule has 154 valence electrons. The zero-order valence-corrected chi connectivity index (χ0v) is 16.9. The Morgan fingerprint density at radius 3 is 2.52 bits per heavy atom. The Balaban J connectivity index is 1.59. The van der Waals surface area contributed by atoms with E-state index in [2.05, 4.69) is 0 Å². The van der Waals surface area contributed by atoms with Crippen LogP contribution in [0.25, 0.3) is 11.0 Å². The minimum absolute atomic E-state index is 0.0851. The molecule has 0 aliphatic carbocycles. The summed E-state index contributed by atoms with van der Waals surface area (Å²) in [7, 11) is 5.15. The number of aromatic nitrogens is 2. The van der Waals surface area contributed by atoms with Crippen LogP contribution in [-0.2, 0) is 35.8 Å². The van der Waals surface area contributed by atoms with Gasteiger partial charge in [-0.15, -0.1) is 0 Å². The van der Waals surface area contributed by atoms with E-state index in [1.54, 1.807) is 42.5 Å². The maximum absolute atomic E-state index is 14.4. The van der Waals surface area contributed by atoms with Crippen LogP contribution in [0.1, 0.15) is 24.0 Å². The second-order valence-corrected chi connectivity index (χ2v) is 7.47. The van der Waals surface area contributed by atoms with E-state index in [1.165, 1.54) is 6.07 Å². The molecule has 2 aromatic carbocycles. The number of methoxy groups -OCH3 is 1. The van der Waals surface area contributed by atoms with Crippen LogP contribution < -0.4 is 10.4 Å².